The van der Waals surface area contributed by atoms with Gasteiger partial charge in [0.1, 0.15) is 41.8 Å². The van der Waals surface area contributed by atoms with Crippen LogP contribution >= 0.6 is 0 Å². The molecular formula is C42H43FN6O7. The van der Waals surface area contributed by atoms with Gasteiger partial charge in [-0.1, -0.05) is 38.1 Å². The zero-order valence-electron chi connectivity index (χ0n) is 31.4. The lowest BCUT2D eigenvalue weighted by Gasteiger charge is -2.36. The van der Waals surface area contributed by atoms with Gasteiger partial charge in [-0.15, -0.1) is 0 Å². The SMILES string of the molecule is CC(Oc1ccc(C(C)(C)c2ccc(O[C@H]3C[C@H](Nc4ccc5c(c4)C(=O)N(C4CCC(=O)NC4=O)C5=O)C3)cc2)cc1)c1ncnc(N2CCOCC2)c1F. The summed E-state index contributed by atoms with van der Waals surface area (Å²) in [7, 11) is 0. The summed E-state index contributed by atoms with van der Waals surface area (Å²) in [5, 5.41) is 5.65. The van der Waals surface area contributed by atoms with Crippen molar-refractivity contribution in [2.24, 2.45) is 0 Å². The molecule has 1 aromatic heterocycles. The number of amides is 4. The molecule has 3 fully saturated rings. The van der Waals surface area contributed by atoms with E-state index in [2.05, 4.69) is 46.6 Å². The maximum atomic E-state index is 15.4. The van der Waals surface area contributed by atoms with Gasteiger partial charge in [0.15, 0.2) is 11.6 Å². The maximum absolute atomic E-state index is 15.4. The van der Waals surface area contributed by atoms with Gasteiger partial charge in [0.2, 0.25) is 11.8 Å². The van der Waals surface area contributed by atoms with Crippen LogP contribution in [0.5, 0.6) is 11.5 Å². The largest absolute Gasteiger partial charge is 0.490 e. The molecule has 290 valence electrons. The number of fused-ring (bicyclic) bond motifs is 1. The van der Waals surface area contributed by atoms with Crippen LogP contribution in [0, 0.1) is 5.82 Å². The van der Waals surface area contributed by atoms with E-state index in [4.69, 9.17) is 14.2 Å². The number of carbonyl (C=O) groups is 4. The van der Waals surface area contributed by atoms with Crippen LogP contribution in [0.15, 0.2) is 73.1 Å². The Bertz CT molecular complexity index is 2170. The predicted molar refractivity (Wildman–Crippen MR) is 203 cm³/mol. The standard InChI is InChI=1S/C42H43FN6O7/c1-24(37-36(43)38(45-23-44-37)48-16-18-54-19-17-48)55-29-9-4-25(5-10-29)42(2,3)26-6-11-30(12-7-26)56-31-20-28(21-31)46-27-8-13-32-33(22-27)41(53)49(40(32)52)34-14-15-35(50)47-39(34)51/h4-13,22-24,28,31,34,46H,14-21H2,1-3H3,(H,47,50,51)/t24?,28-,31-,34?. The van der Waals surface area contributed by atoms with Crippen molar-refractivity contribution in [3.8, 4) is 11.5 Å². The van der Waals surface area contributed by atoms with Gasteiger partial charge in [-0.25, -0.2) is 14.4 Å². The summed E-state index contributed by atoms with van der Waals surface area (Å²) >= 11 is 0. The Hall–Kier alpha value is -5.89. The van der Waals surface area contributed by atoms with Gasteiger partial charge in [-0.05, 0) is 66.9 Å². The molecule has 4 aliphatic rings. The first kappa shape index (κ1) is 37.1. The summed E-state index contributed by atoms with van der Waals surface area (Å²) in [6, 6.07) is 20.1. The third-order valence-corrected chi connectivity index (χ3v) is 11.2. The first-order valence-corrected chi connectivity index (χ1v) is 19.0. The zero-order valence-corrected chi connectivity index (χ0v) is 31.4. The van der Waals surface area contributed by atoms with E-state index in [1.54, 1.807) is 25.1 Å². The van der Waals surface area contributed by atoms with Crippen LogP contribution in [0.25, 0.3) is 0 Å². The Morgan fingerprint density at radius 2 is 1.55 bits per heavy atom. The summed E-state index contributed by atoms with van der Waals surface area (Å²) in [6.07, 6.45) is 2.47. The first-order valence-electron chi connectivity index (χ1n) is 19.0. The van der Waals surface area contributed by atoms with E-state index < -0.39 is 41.6 Å². The zero-order chi connectivity index (χ0) is 39.1. The summed E-state index contributed by atoms with van der Waals surface area (Å²) in [5.74, 6) is -0.920. The molecule has 0 radical (unpaired) electrons. The van der Waals surface area contributed by atoms with Gasteiger partial charge in [0.25, 0.3) is 11.8 Å². The molecular weight excluding hydrogens is 719 g/mol. The van der Waals surface area contributed by atoms with Gasteiger partial charge < -0.3 is 24.4 Å². The summed E-state index contributed by atoms with van der Waals surface area (Å²) < 4.78 is 33.2. The highest BCUT2D eigenvalue weighted by Crippen LogP contribution is 2.36. The highest BCUT2D eigenvalue weighted by Gasteiger charge is 2.45. The van der Waals surface area contributed by atoms with E-state index >= 15 is 4.39 Å². The molecule has 1 saturated carbocycles. The minimum atomic E-state index is -0.997. The summed E-state index contributed by atoms with van der Waals surface area (Å²) in [4.78, 5) is 61.4. The number of imide groups is 2. The number of ether oxygens (including phenoxy) is 3. The fourth-order valence-corrected chi connectivity index (χ4v) is 7.75. The number of rotatable bonds is 11. The molecule has 1 aliphatic carbocycles. The molecule has 8 rings (SSSR count). The number of morpholine rings is 1. The fraction of sp³-hybridized carbons (Fsp3) is 0.381. The molecule has 14 heteroatoms. The van der Waals surface area contributed by atoms with Gasteiger partial charge >= 0.3 is 0 Å². The average Bonchev–Trinajstić information content (AvgIpc) is 3.42. The Kier molecular flexibility index (Phi) is 9.91. The molecule has 2 N–H and O–H groups in total. The number of carbonyl (C=O) groups excluding carboxylic acids is 4. The molecule has 0 bridgehead atoms. The van der Waals surface area contributed by atoms with Crippen molar-refractivity contribution in [3.63, 3.8) is 0 Å². The topological polar surface area (TPSA) is 152 Å². The van der Waals surface area contributed by atoms with Crippen LogP contribution in [-0.2, 0) is 19.7 Å². The van der Waals surface area contributed by atoms with Crippen LogP contribution in [0.3, 0.4) is 0 Å². The second-order valence-electron chi connectivity index (χ2n) is 15.2. The van der Waals surface area contributed by atoms with Gasteiger partial charge in [-0.3, -0.25) is 29.4 Å². The molecule has 0 spiro atoms. The third kappa shape index (κ3) is 7.16. The van der Waals surface area contributed by atoms with Crippen molar-refractivity contribution in [2.45, 2.75) is 76.2 Å². The van der Waals surface area contributed by atoms with E-state index in [9.17, 15) is 19.2 Å². The number of aromatic nitrogens is 2. The van der Waals surface area contributed by atoms with Crippen molar-refractivity contribution in [2.75, 3.05) is 36.5 Å². The molecule has 13 nitrogen and oxygen atoms in total. The van der Waals surface area contributed by atoms with Crippen LogP contribution in [0.1, 0.15) is 90.1 Å². The van der Waals surface area contributed by atoms with E-state index in [1.807, 2.05) is 41.3 Å². The summed E-state index contributed by atoms with van der Waals surface area (Å²) in [6.45, 7) is 8.28. The normalized spacial score (nSPS) is 21.6. The van der Waals surface area contributed by atoms with Gasteiger partial charge in [0.05, 0.1) is 24.3 Å². The molecule has 2 saturated heterocycles. The molecule has 56 heavy (non-hydrogen) atoms. The lowest BCUT2D eigenvalue weighted by atomic mass is 9.78. The number of piperidine rings is 1. The van der Waals surface area contributed by atoms with Crippen LogP contribution < -0.4 is 25.0 Å². The lowest BCUT2D eigenvalue weighted by molar-refractivity contribution is -0.136. The number of benzene rings is 3. The lowest BCUT2D eigenvalue weighted by Crippen LogP contribution is -2.54. The molecule has 4 amide bonds. The number of hydrogen-bond acceptors (Lipinski definition) is 11. The number of hydrogen-bond donors (Lipinski definition) is 2. The highest BCUT2D eigenvalue weighted by molar-refractivity contribution is 6.23. The van der Waals surface area contributed by atoms with Gasteiger partial charge in [-0.2, -0.15) is 0 Å². The Morgan fingerprint density at radius 1 is 0.893 bits per heavy atom. The minimum Gasteiger partial charge on any atom is -0.490 e. The minimum absolute atomic E-state index is 0.0173. The Balaban J connectivity index is 0.831. The van der Waals surface area contributed by atoms with Crippen molar-refractivity contribution in [1.29, 1.82) is 0 Å². The van der Waals surface area contributed by atoms with Crippen LogP contribution in [0.4, 0.5) is 15.9 Å². The number of anilines is 2. The van der Waals surface area contributed by atoms with E-state index in [1.165, 1.54) is 6.33 Å². The molecule has 2 atom stereocenters. The predicted octanol–water partition coefficient (Wildman–Crippen LogP) is 5.34. The van der Waals surface area contributed by atoms with Crippen LogP contribution in [0.2, 0.25) is 0 Å². The van der Waals surface area contributed by atoms with Crippen LogP contribution in [-0.4, -0.2) is 83.0 Å². The maximum Gasteiger partial charge on any atom is 0.262 e. The van der Waals surface area contributed by atoms with Crippen molar-refractivity contribution in [1.82, 2.24) is 20.2 Å². The second-order valence-corrected chi connectivity index (χ2v) is 15.2. The fourth-order valence-electron chi connectivity index (χ4n) is 7.75. The third-order valence-electron chi connectivity index (χ3n) is 11.2. The quantitative estimate of drug-likeness (QED) is 0.191. The first-order chi connectivity index (χ1) is 27.0. The average molecular weight is 763 g/mol. The van der Waals surface area contributed by atoms with Crippen molar-refractivity contribution >= 4 is 35.1 Å². The monoisotopic (exact) mass is 762 g/mol. The second kappa shape index (κ2) is 15.0. The molecule has 3 aromatic carbocycles. The smallest absolute Gasteiger partial charge is 0.262 e. The number of nitrogens with one attached hydrogen (secondary N) is 2. The van der Waals surface area contributed by atoms with Crippen molar-refractivity contribution in [3.05, 3.63) is 107 Å². The van der Waals surface area contributed by atoms with E-state index in [0.717, 1.165) is 34.6 Å². The van der Waals surface area contributed by atoms with Crippen molar-refractivity contribution < 1.29 is 37.8 Å². The highest BCUT2D eigenvalue weighted by atomic mass is 19.1. The Morgan fingerprint density at radius 3 is 2.23 bits per heavy atom. The summed E-state index contributed by atoms with van der Waals surface area (Å²) in [5.41, 5.74) is 3.28. The van der Waals surface area contributed by atoms with Gasteiger partial charge in [0, 0.05) is 49.5 Å². The number of halogens is 1. The Labute approximate surface area is 323 Å². The molecule has 4 aromatic rings. The molecule has 3 aliphatic heterocycles. The number of nitrogens with zero attached hydrogens (tertiary/aromatic N) is 4. The molecule has 2 unspecified atom stereocenters. The van der Waals surface area contributed by atoms with E-state index in [0.29, 0.717) is 37.7 Å². The van der Waals surface area contributed by atoms with E-state index in [-0.39, 0.29) is 53.0 Å². The molecule has 4 heterocycles.